The van der Waals surface area contributed by atoms with Crippen molar-refractivity contribution in [3.05, 3.63) is 170 Å². The molecule has 52 heavy (non-hydrogen) atoms. The van der Waals surface area contributed by atoms with Gasteiger partial charge in [0.2, 0.25) is 0 Å². The highest BCUT2D eigenvalue weighted by molar-refractivity contribution is 6.16. The average molecular weight is 661 g/mol. The van der Waals surface area contributed by atoms with E-state index in [9.17, 15) is 0 Å². The van der Waals surface area contributed by atoms with Crippen LogP contribution in [-0.2, 0) is 0 Å². The van der Waals surface area contributed by atoms with E-state index in [1.165, 1.54) is 70.9 Å². The first kappa shape index (κ1) is 27.7. The molecule has 0 N–H and O–H groups in total. The molecule has 1 aliphatic carbocycles. The average Bonchev–Trinajstić information content (AvgIpc) is 3.83. The molecular weight excluding hydrogens is 633 g/mol. The maximum atomic E-state index is 5.08. The third kappa shape index (κ3) is 3.75. The smallest absolute Gasteiger partial charge is 0.0789 e. The lowest BCUT2D eigenvalue weighted by Gasteiger charge is -2.11. The van der Waals surface area contributed by atoms with Crippen molar-refractivity contribution in [3.8, 4) is 44.9 Å². The molecule has 4 aromatic heterocycles. The van der Waals surface area contributed by atoms with E-state index in [0.29, 0.717) is 0 Å². The lowest BCUT2D eigenvalue weighted by molar-refractivity contribution is 1.15. The van der Waals surface area contributed by atoms with Gasteiger partial charge in [-0.15, -0.1) is 0 Å². The second kappa shape index (κ2) is 10.3. The number of benzene rings is 7. The molecule has 0 aliphatic heterocycles. The maximum absolute atomic E-state index is 5.08. The molecule has 4 nitrogen and oxygen atoms in total. The van der Waals surface area contributed by atoms with Gasteiger partial charge in [0.25, 0.3) is 0 Å². The second-order valence-electron chi connectivity index (χ2n) is 13.9. The van der Waals surface area contributed by atoms with Crippen LogP contribution in [0.1, 0.15) is 0 Å². The molecule has 0 fully saturated rings. The third-order valence-electron chi connectivity index (χ3n) is 11.1. The fraction of sp³-hybridized carbons (Fsp3) is 0. The summed E-state index contributed by atoms with van der Waals surface area (Å²) in [7, 11) is 0. The lowest BCUT2D eigenvalue weighted by atomic mass is 10.00. The van der Waals surface area contributed by atoms with Crippen LogP contribution in [0.4, 0.5) is 0 Å². The number of hydrogen-bond donors (Lipinski definition) is 0. The molecule has 0 saturated heterocycles. The molecular formula is C48H28N4. The number of nitrogens with zero attached hydrogens (tertiary/aromatic N) is 4. The van der Waals surface area contributed by atoms with Gasteiger partial charge in [-0.25, -0.2) is 0 Å². The SMILES string of the molecule is c1ccc(-n2c3ccc(-c4ccc5c(c4)c4ccccc4n5-c4cnc5c(c4)-c4cccc6nccc-5c46)cc3c3cc4ccccc4cc32)cc1. The Hall–Kier alpha value is -7.04. The molecule has 4 heterocycles. The molecule has 7 aromatic carbocycles. The summed E-state index contributed by atoms with van der Waals surface area (Å²) < 4.78 is 4.77. The van der Waals surface area contributed by atoms with Gasteiger partial charge >= 0.3 is 0 Å². The number of hydrogen-bond acceptors (Lipinski definition) is 2. The highest BCUT2D eigenvalue weighted by Gasteiger charge is 2.24. The first-order valence-electron chi connectivity index (χ1n) is 17.7. The minimum Gasteiger partial charge on any atom is -0.309 e. The first-order chi connectivity index (χ1) is 25.8. The number of rotatable bonds is 3. The minimum absolute atomic E-state index is 1.01. The van der Waals surface area contributed by atoms with E-state index in [4.69, 9.17) is 4.98 Å². The van der Waals surface area contributed by atoms with E-state index in [1.54, 1.807) is 0 Å². The van der Waals surface area contributed by atoms with Gasteiger partial charge in [0.1, 0.15) is 0 Å². The third-order valence-corrected chi connectivity index (χ3v) is 11.1. The molecule has 12 rings (SSSR count). The fourth-order valence-electron chi connectivity index (χ4n) is 8.79. The zero-order valence-electron chi connectivity index (χ0n) is 28.0. The van der Waals surface area contributed by atoms with E-state index in [-0.39, 0.29) is 0 Å². The minimum atomic E-state index is 1.01. The van der Waals surface area contributed by atoms with Crippen molar-refractivity contribution in [1.29, 1.82) is 0 Å². The highest BCUT2D eigenvalue weighted by atomic mass is 15.0. The summed E-state index contributed by atoms with van der Waals surface area (Å²) in [5, 5.41) is 8.64. The summed E-state index contributed by atoms with van der Waals surface area (Å²) in [5.41, 5.74) is 14.9. The van der Waals surface area contributed by atoms with Crippen molar-refractivity contribution < 1.29 is 0 Å². The zero-order valence-corrected chi connectivity index (χ0v) is 28.0. The summed E-state index contributed by atoms with van der Waals surface area (Å²) >= 11 is 0. The zero-order chi connectivity index (χ0) is 33.9. The molecule has 0 saturated carbocycles. The molecule has 240 valence electrons. The van der Waals surface area contributed by atoms with Crippen molar-refractivity contribution in [3.63, 3.8) is 0 Å². The molecule has 0 radical (unpaired) electrons. The summed E-state index contributed by atoms with van der Waals surface area (Å²) in [6, 6.07) is 57.4. The summed E-state index contributed by atoms with van der Waals surface area (Å²) in [5.74, 6) is 0. The van der Waals surface area contributed by atoms with Crippen LogP contribution < -0.4 is 0 Å². The van der Waals surface area contributed by atoms with Crippen LogP contribution in [-0.4, -0.2) is 19.1 Å². The van der Waals surface area contributed by atoms with Gasteiger partial charge < -0.3 is 9.13 Å². The van der Waals surface area contributed by atoms with Crippen molar-refractivity contribution >= 4 is 65.3 Å². The van der Waals surface area contributed by atoms with Gasteiger partial charge in [0.15, 0.2) is 0 Å². The van der Waals surface area contributed by atoms with Gasteiger partial charge in [-0.05, 0) is 100 Å². The van der Waals surface area contributed by atoms with E-state index in [2.05, 4.69) is 172 Å². The van der Waals surface area contributed by atoms with Gasteiger partial charge in [-0.1, -0.05) is 84.9 Å². The van der Waals surface area contributed by atoms with Crippen LogP contribution in [0.15, 0.2) is 170 Å². The Morgan fingerprint density at radius 3 is 1.88 bits per heavy atom. The number of pyridine rings is 2. The molecule has 4 heteroatoms. The lowest BCUT2D eigenvalue weighted by Crippen LogP contribution is -1.96. The normalized spacial score (nSPS) is 12.2. The number of aromatic nitrogens is 4. The topological polar surface area (TPSA) is 35.6 Å². The van der Waals surface area contributed by atoms with Crippen molar-refractivity contribution in [2.75, 3.05) is 0 Å². The Labute approximate surface area is 298 Å². The summed E-state index contributed by atoms with van der Waals surface area (Å²) in [4.78, 5) is 9.72. The predicted octanol–water partition coefficient (Wildman–Crippen LogP) is 12.3. The largest absolute Gasteiger partial charge is 0.309 e. The van der Waals surface area contributed by atoms with Crippen molar-refractivity contribution in [2.45, 2.75) is 0 Å². The van der Waals surface area contributed by atoms with E-state index < -0.39 is 0 Å². The quantitative estimate of drug-likeness (QED) is 0.189. The second-order valence-corrected chi connectivity index (χ2v) is 13.9. The predicted molar refractivity (Wildman–Crippen MR) is 216 cm³/mol. The fourth-order valence-corrected chi connectivity index (χ4v) is 8.79. The van der Waals surface area contributed by atoms with Crippen LogP contribution in [0.2, 0.25) is 0 Å². The monoisotopic (exact) mass is 660 g/mol. The van der Waals surface area contributed by atoms with E-state index in [1.807, 2.05) is 12.4 Å². The van der Waals surface area contributed by atoms with Crippen LogP contribution in [0, 0.1) is 0 Å². The number of para-hydroxylation sites is 2. The van der Waals surface area contributed by atoms with Crippen LogP contribution in [0.3, 0.4) is 0 Å². The van der Waals surface area contributed by atoms with Gasteiger partial charge in [0.05, 0.1) is 45.2 Å². The van der Waals surface area contributed by atoms with Crippen LogP contribution in [0.5, 0.6) is 0 Å². The molecule has 11 aromatic rings. The Morgan fingerprint density at radius 2 is 1.06 bits per heavy atom. The van der Waals surface area contributed by atoms with Crippen molar-refractivity contribution in [2.24, 2.45) is 0 Å². The van der Waals surface area contributed by atoms with Crippen LogP contribution >= 0.6 is 0 Å². The molecule has 0 amide bonds. The summed E-state index contributed by atoms with van der Waals surface area (Å²) in [6.45, 7) is 0. The summed E-state index contributed by atoms with van der Waals surface area (Å²) in [6.07, 6.45) is 3.91. The standard InChI is InChI=1S/C48H28N4/c1-2-11-33(12-3-1)51-45-20-18-32(25-39(45)40-23-29-9-4-5-10-30(29)26-46(40)51)31-17-19-44-38(24-31)35-13-6-7-16-43(35)52(44)34-27-41-36-14-8-15-42-47(36)37(21-22-49-42)48(41)50-28-34/h1-28H. The molecule has 0 atom stereocenters. The van der Waals surface area contributed by atoms with E-state index in [0.717, 1.165) is 39.2 Å². The molecule has 0 bridgehead atoms. The molecule has 0 unspecified atom stereocenters. The van der Waals surface area contributed by atoms with Gasteiger partial charge in [-0.2, -0.15) is 0 Å². The maximum Gasteiger partial charge on any atom is 0.0789 e. The molecule has 1 aliphatic rings. The van der Waals surface area contributed by atoms with Gasteiger partial charge in [0, 0.05) is 49.9 Å². The Bertz CT molecular complexity index is 3290. The highest BCUT2D eigenvalue weighted by Crippen LogP contribution is 2.47. The van der Waals surface area contributed by atoms with Gasteiger partial charge in [-0.3, -0.25) is 9.97 Å². The Kier molecular flexibility index (Phi) is 5.47. The number of fused-ring (bicyclic) bond motifs is 10. The van der Waals surface area contributed by atoms with Crippen LogP contribution in [0.25, 0.3) is 110 Å². The first-order valence-corrected chi connectivity index (χ1v) is 17.7. The van der Waals surface area contributed by atoms with Crippen molar-refractivity contribution in [1.82, 2.24) is 19.1 Å². The van der Waals surface area contributed by atoms with E-state index >= 15 is 0 Å². The molecule has 0 spiro atoms. The Morgan fingerprint density at radius 1 is 0.385 bits per heavy atom. The Balaban J connectivity index is 1.05.